The summed E-state index contributed by atoms with van der Waals surface area (Å²) in [5, 5.41) is 28.8. The Balaban J connectivity index is 1.25. The maximum atomic E-state index is 11.7. The maximum absolute atomic E-state index is 11.7. The normalized spacial score (nSPS) is 25.0. The first-order valence-corrected chi connectivity index (χ1v) is 14.5. The lowest BCUT2D eigenvalue weighted by molar-refractivity contribution is -0.122. The summed E-state index contributed by atoms with van der Waals surface area (Å²) in [6, 6.07) is 10.3. The van der Waals surface area contributed by atoms with Crippen molar-refractivity contribution in [2.24, 2.45) is 5.41 Å². The van der Waals surface area contributed by atoms with Gasteiger partial charge in [0.15, 0.2) is 5.01 Å². The molecule has 0 amide bonds. The SMILES string of the molecule is N#Cc1cnn2c(-c3cc(NC4CCOCC4)c(-c4nnc(C56CCC(C=O)(CC5)CC6)s4)cn3)ccc2c1. The molecule has 10 heteroatoms. The van der Waals surface area contributed by atoms with Gasteiger partial charge < -0.3 is 14.8 Å². The van der Waals surface area contributed by atoms with Gasteiger partial charge >= 0.3 is 0 Å². The number of aromatic nitrogens is 5. The molecule has 4 aliphatic rings. The molecule has 3 aliphatic carbocycles. The Morgan fingerprint density at radius 2 is 1.87 bits per heavy atom. The summed E-state index contributed by atoms with van der Waals surface area (Å²) in [6.07, 6.45) is 12.4. The summed E-state index contributed by atoms with van der Waals surface area (Å²) in [5.74, 6) is 0. The number of hydrogen-bond acceptors (Lipinski definition) is 9. The van der Waals surface area contributed by atoms with Crippen LogP contribution >= 0.6 is 11.3 Å². The summed E-state index contributed by atoms with van der Waals surface area (Å²) >= 11 is 1.67. The highest BCUT2D eigenvalue weighted by atomic mass is 32.1. The summed E-state index contributed by atoms with van der Waals surface area (Å²) in [5.41, 5.74) is 4.87. The number of carbonyl (C=O) groups is 1. The second-order valence-corrected chi connectivity index (χ2v) is 12.2. The van der Waals surface area contributed by atoms with Gasteiger partial charge in [0.1, 0.15) is 17.4 Å². The fourth-order valence-electron chi connectivity index (χ4n) is 6.46. The predicted octanol–water partition coefficient (Wildman–Crippen LogP) is 5.17. The quantitative estimate of drug-likeness (QED) is 0.334. The number of anilines is 1. The van der Waals surface area contributed by atoms with Crippen molar-refractivity contribution in [2.45, 2.75) is 62.8 Å². The third-order valence-electron chi connectivity index (χ3n) is 9.04. The Labute approximate surface area is 230 Å². The molecule has 4 fully saturated rings. The predicted molar refractivity (Wildman–Crippen MR) is 147 cm³/mol. The van der Waals surface area contributed by atoms with Crippen LogP contribution in [-0.2, 0) is 14.9 Å². The Bertz CT molecular complexity index is 1570. The van der Waals surface area contributed by atoms with Gasteiger partial charge in [-0.25, -0.2) is 4.52 Å². The van der Waals surface area contributed by atoms with E-state index in [1.807, 2.05) is 28.9 Å². The van der Waals surface area contributed by atoms with E-state index in [9.17, 15) is 10.1 Å². The first kappa shape index (κ1) is 24.4. The molecule has 1 saturated heterocycles. The van der Waals surface area contributed by atoms with Crippen LogP contribution in [0.4, 0.5) is 5.69 Å². The van der Waals surface area contributed by atoms with Gasteiger partial charge in [-0.3, -0.25) is 4.98 Å². The largest absolute Gasteiger partial charge is 0.381 e. The number of carbonyl (C=O) groups excluding carboxylic acids is 1. The van der Waals surface area contributed by atoms with Crippen molar-refractivity contribution in [3.63, 3.8) is 0 Å². The number of rotatable bonds is 6. The van der Waals surface area contributed by atoms with Gasteiger partial charge in [-0.2, -0.15) is 10.4 Å². The van der Waals surface area contributed by atoms with Crippen LogP contribution in [0, 0.1) is 16.7 Å². The maximum Gasteiger partial charge on any atom is 0.151 e. The van der Waals surface area contributed by atoms with Crippen LogP contribution < -0.4 is 5.32 Å². The topological polar surface area (TPSA) is 118 Å². The molecule has 4 aromatic rings. The third-order valence-corrected chi connectivity index (χ3v) is 10.2. The van der Waals surface area contributed by atoms with Crippen LogP contribution in [0.15, 0.2) is 36.7 Å². The monoisotopic (exact) mass is 539 g/mol. The first-order valence-electron chi connectivity index (χ1n) is 13.6. The average Bonchev–Trinajstić information content (AvgIpc) is 3.67. The van der Waals surface area contributed by atoms with E-state index in [1.165, 1.54) is 6.29 Å². The Morgan fingerprint density at radius 1 is 1.08 bits per heavy atom. The molecular weight excluding hydrogens is 510 g/mol. The summed E-state index contributed by atoms with van der Waals surface area (Å²) in [4.78, 5) is 16.6. The van der Waals surface area contributed by atoms with Crippen LogP contribution in [0.25, 0.3) is 27.5 Å². The number of ether oxygens (including phenoxy) is 1. The van der Waals surface area contributed by atoms with Crippen molar-refractivity contribution in [3.05, 3.63) is 47.2 Å². The lowest BCUT2D eigenvalue weighted by Crippen LogP contribution is -2.44. The minimum atomic E-state index is -0.107. The van der Waals surface area contributed by atoms with Crippen LogP contribution in [0.5, 0.6) is 0 Å². The average molecular weight is 540 g/mol. The van der Waals surface area contributed by atoms with E-state index < -0.39 is 0 Å². The van der Waals surface area contributed by atoms with Crippen LogP contribution in [0.3, 0.4) is 0 Å². The number of aldehydes is 1. The highest BCUT2D eigenvalue weighted by molar-refractivity contribution is 7.14. The standard InChI is InChI=1S/C29H29N7O2S/c30-15-19-13-21-1-2-25(36(21)32-16-19)24-14-23(33-20-3-11-38-12-4-20)22(17-31-24)26-34-35-27(39-26)29-8-5-28(18-37,6-9-29)7-10-29/h1-2,13-14,16-18,20H,3-12H2,(H,31,33). The van der Waals surface area contributed by atoms with Gasteiger partial charge in [0.25, 0.3) is 0 Å². The Kier molecular flexibility index (Phi) is 5.94. The van der Waals surface area contributed by atoms with Gasteiger partial charge in [0, 0.05) is 42.0 Å². The summed E-state index contributed by atoms with van der Waals surface area (Å²) < 4.78 is 7.40. The van der Waals surface area contributed by atoms with E-state index in [0.29, 0.717) is 11.6 Å². The molecule has 1 N–H and O–H groups in total. The highest BCUT2D eigenvalue weighted by Gasteiger charge is 2.51. The molecule has 0 atom stereocenters. The summed E-state index contributed by atoms with van der Waals surface area (Å²) in [6.45, 7) is 1.49. The molecule has 8 rings (SSSR count). The van der Waals surface area contributed by atoms with Crippen molar-refractivity contribution in [3.8, 4) is 28.0 Å². The Morgan fingerprint density at radius 3 is 2.62 bits per heavy atom. The molecule has 4 aromatic heterocycles. The molecule has 0 radical (unpaired) electrons. The van der Waals surface area contributed by atoms with Gasteiger partial charge in [0.05, 0.1) is 34.2 Å². The van der Waals surface area contributed by atoms with E-state index in [-0.39, 0.29) is 10.8 Å². The lowest BCUT2D eigenvalue weighted by Gasteiger charge is -2.49. The minimum absolute atomic E-state index is 0.0428. The van der Waals surface area contributed by atoms with Crippen molar-refractivity contribution < 1.29 is 9.53 Å². The number of nitrogens with zero attached hydrogens (tertiary/aromatic N) is 6. The van der Waals surface area contributed by atoms with Gasteiger partial charge in [-0.15, -0.1) is 10.2 Å². The third kappa shape index (κ3) is 4.21. The van der Waals surface area contributed by atoms with Crippen LogP contribution in [-0.4, -0.2) is 50.3 Å². The number of fused-ring (bicyclic) bond motifs is 4. The molecule has 39 heavy (non-hydrogen) atoms. The van der Waals surface area contributed by atoms with E-state index in [1.54, 1.807) is 17.5 Å². The number of hydrogen-bond donors (Lipinski definition) is 1. The highest BCUT2D eigenvalue weighted by Crippen LogP contribution is 2.57. The smallest absolute Gasteiger partial charge is 0.151 e. The van der Waals surface area contributed by atoms with Gasteiger partial charge in [-0.1, -0.05) is 11.3 Å². The van der Waals surface area contributed by atoms with Crippen molar-refractivity contribution >= 4 is 28.8 Å². The fraction of sp³-hybridized carbons (Fsp3) is 0.448. The lowest BCUT2D eigenvalue weighted by atomic mass is 9.54. The molecule has 5 heterocycles. The molecule has 0 unspecified atom stereocenters. The molecule has 198 valence electrons. The number of nitriles is 1. The second kappa shape index (κ2) is 9.50. The molecule has 1 aliphatic heterocycles. The van der Waals surface area contributed by atoms with Crippen molar-refractivity contribution in [1.29, 1.82) is 5.26 Å². The zero-order valence-corrected chi connectivity index (χ0v) is 22.4. The zero-order chi connectivity index (χ0) is 26.5. The molecule has 3 saturated carbocycles. The summed E-state index contributed by atoms with van der Waals surface area (Å²) in [7, 11) is 0. The molecule has 0 aromatic carbocycles. The van der Waals surface area contributed by atoms with Gasteiger partial charge in [0.2, 0.25) is 0 Å². The second-order valence-electron chi connectivity index (χ2n) is 11.2. The fourth-order valence-corrected chi connectivity index (χ4v) is 7.60. The minimum Gasteiger partial charge on any atom is -0.381 e. The van der Waals surface area contributed by atoms with E-state index >= 15 is 0 Å². The van der Waals surface area contributed by atoms with Crippen molar-refractivity contribution in [1.82, 2.24) is 24.8 Å². The zero-order valence-electron chi connectivity index (χ0n) is 21.6. The van der Waals surface area contributed by atoms with Crippen LogP contribution in [0.2, 0.25) is 0 Å². The first-order chi connectivity index (χ1) is 19.1. The molecule has 0 spiro atoms. The van der Waals surface area contributed by atoms with E-state index in [2.05, 4.69) is 27.6 Å². The molecule has 9 nitrogen and oxygen atoms in total. The number of pyridine rings is 1. The van der Waals surface area contributed by atoms with Gasteiger partial charge in [-0.05, 0) is 75.6 Å². The Hall–Kier alpha value is -3.68. The van der Waals surface area contributed by atoms with Crippen molar-refractivity contribution in [2.75, 3.05) is 18.5 Å². The molecular formula is C29H29N7O2S. The number of nitrogens with one attached hydrogen (secondary N) is 1. The van der Waals surface area contributed by atoms with E-state index in [4.69, 9.17) is 14.8 Å². The van der Waals surface area contributed by atoms with E-state index in [0.717, 1.165) is 103 Å². The van der Waals surface area contributed by atoms with Crippen LogP contribution in [0.1, 0.15) is 61.9 Å². The molecule has 2 bridgehead atoms.